The fourth-order valence-corrected chi connectivity index (χ4v) is 3.39. The van der Waals surface area contributed by atoms with Crippen LogP contribution in [0.3, 0.4) is 0 Å². The summed E-state index contributed by atoms with van der Waals surface area (Å²) in [6, 6.07) is 13.2. The zero-order valence-corrected chi connectivity index (χ0v) is 18.9. The Bertz CT molecular complexity index is 948. The van der Waals surface area contributed by atoms with Crippen LogP contribution in [0.4, 0.5) is 4.79 Å². The first kappa shape index (κ1) is 24.4. The Hall–Kier alpha value is -2.92. The number of phenolic OH excluding ortho intramolecular Hbond substituents is 1. The lowest BCUT2D eigenvalue weighted by Crippen LogP contribution is -2.33. The smallest absolute Gasteiger partial charge is 0.414 e. The predicted molar refractivity (Wildman–Crippen MR) is 121 cm³/mol. The van der Waals surface area contributed by atoms with Gasteiger partial charge in [0, 0.05) is 20.8 Å². The molecular formula is C22H23IN2O6. The highest BCUT2D eigenvalue weighted by Crippen LogP contribution is 2.35. The summed E-state index contributed by atoms with van der Waals surface area (Å²) in [6.07, 6.45) is 1.97. The number of nitrogens with one attached hydrogen (secondary N) is 2. The van der Waals surface area contributed by atoms with E-state index in [-0.39, 0.29) is 11.7 Å². The van der Waals surface area contributed by atoms with E-state index in [0.29, 0.717) is 24.0 Å². The molecule has 9 heteroatoms. The van der Waals surface area contributed by atoms with E-state index in [2.05, 4.69) is 27.9 Å². The number of ether oxygens (including phenoxy) is 1. The van der Waals surface area contributed by atoms with Gasteiger partial charge in [0.05, 0.1) is 0 Å². The minimum absolute atomic E-state index is 0.0327. The number of hydroxylamine groups is 1. The maximum absolute atomic E-state index is 12.4. The molecule has 0 bridgehead atoms. The summed E-state index contributed by atoms with van der Waals surface area (Å²) in [4.78, 5) is 35.7. The second-order valence-electron chi connectivity index (χ2n) is 6.78. The fourth-order valence-electron chi connectivity index (χ4n) is 2.88. The van der Waals surface area contributed by atoms with Crippen LogP contribution in [0.1, 0.15) is 41.8 Å². The number of halogens is 1. The number of alkyl carbamates (subject to hydrolysis) is 1. The number of amides is 3. The largest absolute Gasteiger partial charge is 0.508 e. The van der Waals surface area contributed by atoms with Crippen molar-refractivity contribution in [3.63, 3.8) is 0 Å². The van der Waals surface area contributed by atoms with E-state index in [0.717, 1.165) is 3.57 Å². The van der Waals surface area contributed by atoms with Crippen molar-refractivity contribution in [2.45, 2.75) is 25.9 Å². The van der Waals surface area contributed by atoms with Crippen molar-refractivity contribution in [3.05, 3.63) is 75.4 Å². The Balaban J connectivity index is 2.14. The molecule has 0 radical (unpaired) electrons. The van der Waals surface area contributed by atoms with Crippen LogP contribution in [-0.4, -0.2) is 28.2 Å². The van der Waals surface area contributed by atoms with Gasteiger partial charge in [0.25, 0.3) is 11.8 Å². The highest BCUT2D eigenvalue weighted by Gasteiger charge is 2.27. The third-order valence-corrected chi connectivity index (χ3v) is 5.14. The van der Waals surface area contributed by atoms with Gasteiger partial charge in [-0.3, -0.25) is 20.1 Å². The fraction of sp³-hybridized carbons (Fsp3) is 0.227. The lowest BCUT2D eigenvalue weighted by Gasteiger charge is -2.25. The number of hydrogen-bond donors (Lipinski definition) is 4. The molecule has 2 aromatic carbocycles. The highest BCUT2D eigenvalue weighted by molar-refractivity contribution is 14.1. The second-order valence-corrected chi connectivity index (χ2v) is 8.03. The predicted octanol–water partition coefficient (Wildman–Crippen LogP) is 4.08. The molecule has 4 N–H and O–H groups in total. The Morgan fingerprint density at radius 2 is 1.87 bits per heavy atom. The van der Waals surface area contributed by atoms with Crippen LogP contribution in [-0.2, 0) is 9.53 Å². The summed E-state index contributed by atoms with van der Waals surface area (Å²) < 4.78 is 6.39. The zero-order valence-electron chi connectivity index (χ0n) is 16.7. The van der Waals surface area contributed by atoms with Gasteiger partial charge in [-0.2, -0.15) is 0 Å². The average molecular weight is 538 g/mol. The van der Waals surface area contributed by atoms with Gasteiger partial charge in [0.1, 0.15) is 11.9 Å². The molecule has 0 saturated carbocycles. The molecule has 0 heterocycles. The summed E-state index contributed by atoms with van der Waals surface area (Å²) in [5.41, 5.74) is 2.23. The van der Waals surface area contributed by atoms with Gasteiger partial charge >= 0.3 is 6.09 Å². The number of aromatic hydroxyl groups is 1. The van der Waals surface area contributed by atoms with Crippen molar-refractivity contribution in [3.8, 4) is 5.75 Å². The van der Waals surface area contributed by atoms with Gasteiger partial charge < -0.3 is 9.84 Å². The Morgan fingerprint density at radius 3 is 2.55 bits per heavy atom. The van der Waals surface area contributed by atoms with E-state index >= 15 is 0 Å². The first-order valence-corrected chi connectivity index (χ1v) is 10.6. The molecule has 0 fully saturated rings. The summed E-state index contributed by atoms with van der Waals surface area (Å²) >= 11 is 2.09. The topological polar surface area (TPSA) is 125 Å². The third kappa shape index (κ3) is 7.68. The monoisotopic (exact) mass is 538 g/mol. The molecule has 0 spiro atoms. The number of phenols is 1. The van der Waals surface area contributed by atoms with Gasteiger partial charge in [0.2, 0.25) is 0 Å². The number of benzene rings is 2. The van der Waals surface area contributed by atoms with Crippen molar-refractivity contribution in [2.75, 3.05) is 0 Å². The van der Waals surface area contributed by atoms with E-state index < -0.39 is 24.0 Å². The van der Waals surface area contributed by atoms with E-state index in [1.165, 1.54) is 17.6 Å². The summed E-state index contributed by atoms with van der Waals surface area (Å²) in [6.45, 7) is 1.83. The standard InChI is InChI=1S/C22H23IN2O6/c1-14(7-5-6-10-19(27)25-30)20(17-13-16(23)11-12-18(17)26)31-22(29)24-21(28)15-8-3-2-4-9-15/h2-4,6,8-14,20,26,30H,5,7H2,1H3,(H,25,27)(H,24,28,29)/b10-6+/t14-,20+/m1/s1. The second kappa shape index (κ2) is 12.1. The van der Waals surface area contributed by atoms with Crippen LogP contribution in [0.5, 0.6) is 5.75 Å². The minimum Gasteiger partial charge on any atom is -0.508 e. The van der Waals surface area contributed by atoms with Crippen LogP contribution < -0.4 is 10.8 Å². The van der Waals surface area contributed by atoms with E-state index in [4.69, 9.17) is 9.94 Å². The van der Waals surface area contributed by atoms with Gasteiger partial charge in [0.15, 0.2) is 0 Å². The number of allylic oxidation sites excluding steroid dienone is 1. The lowest BCUT2D eigenvalue weighted by molar-refractivity contribution is -0.124. The third-order valence-electron chi connectivity index (χ3n) is 4.47. The van der Waals surface area contributed by atoms with Crippen molar-refractivity contribution in [1.29, 1.82) is 0 Å². The van der Waals surface area contributed by atoms with Crippen molar-refractivity contribution in [2.24, 2.45) is 5.92 Å². The quantitative estimate of drug-likeness (QED) is 0.174. The van der Waals surface area contributed by atoms with Gasteiger partial charge in [-0.25, -0.2) is 10.3 Å². The van der Waals surface area contributed by atoms with Crippen molar-refractivity contribution in [1.82, 2.24) is 10.8 Å². The number of carbonyl (C=O) groups excluding carboxylic acids is 3. The Kier molecular flexibility index (Phi) is 9.47. The Labute approximate surface area is 193 Å². The highest BCUT2D eigenvalue weighted by atomic mass is 127. The number of rotatable bonds is 8. The van der Waals surface area contributed by atoms with E-state index in [9.17, 15) is 19.5 Å². The zero-order chi connectivity index (χ0) is 22.8. The molecule has 2 aromatic rings. The maximum Gasteiger partial charge on any atom is 0.414 e. The van der Waals surface area contributed by atoms with Gasteiger partial charge in [-0.1, -0.05) is 31.2 Å². The normalized spacial score (nSPS) is 12.7. The molecule has 0 saturated heterocycles. The number of hydrogen-bond acceptors (Lipinski definition) is 6. The van der Waals surface area contributed by atoms with Crippen LogP contribution in [0.25, 0.3) is 0 Å². The molecule has 164 valence electrons. The number of imide groups is 1. The summed E-state index contributed by atoms with van der Waals surface area (Å²) in [5, 5.41) is 21.0. The maximum atomic E-state index is 12.4. The summed E-state index contributed by atoms with van der Waals surface area (Å²) in [7, 11) is 0. The van der Waals surface area contributed by atoms with Crippen molar-refractivity contribution >= 4 is 40.5 Å². The van der Waals surface area contributed by atoms with Crippen molar-refractivity contribution < 1.29 is 29.4 Å². The minimum atomic E-state index is -0.931. The SMILES string of the molecule is C[C@H](CC/C=C/C(=O)NO)[C@H](OC(=O)NC(=O)c1ccccc1)c1cc(I)ccc1O. The average Bonchev–Trinajstić information content (AvgIpc) is 2.77. The van der Waals surface area contributed by atoms with E-state index in [1.54, 1.807) is 48.5 Å². The Morgan fingerprint density at radius 1 is 1.16 bits per heavy atom. The van der Waals surface area contributed by atoms with Crippen LogP contribution in [0, 0.1) is 9.49 Å². The summed E-state index contributed by atoms with van der Waals surface area (Å²) in [5.74, 6) is -1.53. The molecule has 8 nitrogen and oxygen atoms in total. The van der Waals surface area contributed by atoms with Crippen LogP contribution in [0.2, 0.25) is 0 Å². The van der Waals surface area contributed by atoms with Gasteiger partial charge in [-0.15, -0.1) is 0 Å². The first-order valence-electron chi connectivity index (χ1n) is 9.47. The molecule has 3 amide bonds. The van der Waals surface area contributed by atoms with E-state index in [1.807, 2.05) is 6.92 Å². The molecule has 31 heavy (non-hydrogen) atoms. The molecule has 0 aliphatic carbocycles. The molecule has 2 rings (SSSR count). The first-order chi connectivity index (χ1) is 14.8. The molecule has 0 aliphatic rings. The lowest BCUT2D eigenvalue weighted by atomic mass is 9.92. The van der Waals surface area contributed by atoms with Crippen LogP contribution >= 0.6 is 22.6 Å². The molecular weight excluding hydrogens is 515 g/mol. The van der Waals surface area contributed by atoms with Crippen LogP contribution in [0.15, 0.2) is 60.7 Å². The molecule has 0 aliphatic heterocycles. The molecule has 0 aromatic heterocycles. The molecule has 0 unspecified atom stereocenters. The number of carbonyl (C=O) groups is 3. The van der Waals surface area contributed by atoms with Gasteiger partial charge in [-0.05, 0) is 71.7 Å². The molecule has 2 atom stereocenters.